The number of amides is 2. The van der Waals surface area contributed by atoms with Crippen molar-refractivity contribution in [1.82, 2.24) is 10.2 Å². The smallest absolute Gasteiger partial charge is 0.261 e. The summed E-state index contributed by atoms with van der Waals surface area (Å²) in [5.41, 5.74) is 2.08. The van der Waals surface area contributed by atoms with E-state index in [1.165, 1.54) is 5.56 Å². The largest absolute Gasteiger partial charge is 0.497 e. The maximum atomic E-state index is 13.4. The van der Waals surface area contributed by atoms with E-state index >= 15 is 0 Å². The van der Waals surface area contributed by atoms with Crippen LogP contribution in [0.2, 0.25) is 0 Å². The molecule has 0 saturated heterocycles. The number of benzene rings is 2. The molecule has 6 nitrogen and oxygen atoms in total. The van der Waals surface area contributed by atoms with Gasteiger partial charge in [0.1, 0.15) is 17.5 Å². The molecule has 1 N–H and O–H groups in total. The van der Waals surface area contributed by atoms with Crippen LogP contribution in [0.3, 0.4) is 0 Å². The lowest BCUT2D eigenvalue weighted by Gasteiger charge is -2.31. The molecule has 1 aliphatic carbocycles. The number of carbonyl (C=O) groups excluding carboxylic acids is 2. The molecule has 0 radical (unpaired) electrons. The van der Waals surface area contributed by atoms with Gasteiger partial charge in [0.05, 0.1) is 11.6 Å². The van der Waals surface area contributed by atoms with E-state index in [0.717, 1.165) is 42.1 Å². The van der Waals surface area contributed by atoms with Gasteiger partial charge < -0.3 is 19.7 Å². The van der Waals surface area contributed by atoms with Crippen molar-refractivity contribution in [3.05, 3.63) is 58.1 Å². The van der Waals surface area contributed by atoms with Crippen molar-refractivity contribution >= 4 is 27.7 Å². The van der Waals surface area contributed by atoms with Gasteiger partial charge in [-0.15, -0.1) is 0 Å². The summed E-state index contributed by atoms with van der Waals surface area (Å²) in [4.78, 5) is 28.3. The lowest BCUT2D eigenvalue weighted by atomic mass is 10.1. The average Bonchev–Trinajstić information content (AvgIpc) is 3.36. The molecule has 2 aromatic rings. The summed E-state index contributed by atoms with van der Waals surface area (Å²) in [5.74, 6) is 0.988. The van der Waals surface area contributed by atoms with E-state index in [1.54, 1.807) is 12.0 Å². The summed E-state index contributed by atoms with van der Waals surface area (Å²) in [6.45, 7) is 4.17. The van der Waals surface area contributed by atoms with E-state index in [2.05, 4.69) is 28.2 Å². The van der Waals surface area contributed by atoms with Crippen LogP contribution in [-0.2, 0) is 22.6 Å². The number of hydrogen-bond acceptors (Lipinski definition) is 4. The molecule has 34 heavy (non-hydrogen) atoms. The first-order valence-corrected chi connectivity index (χ1v) is 12.9. The summed E-state index contributed by atoms with van der Waals surface area (Å²) in [6, 6.07) is 13.1. The molecule has 0 bridgehead atoms. The van der Waals surface area contributed by atoms with Gasteiger partial charge >= 0.3 is 0 Å². The van der Waals surface area contributed by atoms with Crippen LogP contribution in [0.5, 0.6) is 11.5 Å². The Morgan fingerprint density at radius 3 is 2.53 bits per heavy atom. The first-order chi connectivity index (χ1) is 16.4. The van der Waals surface area contributed by atoms with E-state index in [9.17, 15) is 9.59 Å². The Kier molecular flexibility index (Phi) is 9.81. The van der Waals surface area contributed by atoms with Crippen LogP contribution in [0.1, 0.15) is 57.1 Å². The fourth-order valence-electron chi connectivity index (χ4n) is 4.36. The van der Waals surface area contributed by atoms with Crippen molar-refractivity contribution in [1.29, 1.82) is 0 Å². The van der Waals surface area contributed by atoms with Gasteiger partial charge in [0, 0.05) is 12.6 Å². The minimum atomic E-state index is -0.575. The van der Waals surface area contributed by atoms with Gasteiger partial charge in [0.15, 0.2) is 6.61 Å². The Morgan fingerprint density at radius 2 is 1.88 bits per heavy atom. The molecule has 1 atom stereocenters. The fourth-order valence-corrected chi connectivity index (χ4v) is 4.90. The second-order valence-corrected chi connectivity index (χ2v) is 9.55. The van der Waals surface area contributed by atoms with Crippen LogP contribution >= 0.6 is 15.9 Å². The van der Waals surface area contributed by atoms with Crippen molar-refractivity contribution in [3.63, 3.8) is 0 Å². The second-order valence-electron chi connectivity index (χ2n) is 8.69. The van der Waals surface area contributed by atoms with E-state index in [1.807, 2.05) is 49.4 Å². The number of ether oxygens (including phenoxy) is 2. The average molecular weight is 531 g/mol. The lowest BCUT2D eigenvalue weighted by Crippen LogP contribution is -2.52. The molecule has 7 heteroatoms. The summed E-state index contributed by atoms with van der Waals surface area (Å²) in [6.07, 6.45) is 5.69. The van der Waals surface area contributed by atoms with Gasteiger partial charge in [-0.2, -0.15) is 0 Å². The quantitative estimate of drug-likeness (QED) is 0.429. The highest BCUT2D eigenvalue weighted by Gasteiger charge is 2.31. The monoisotopic (exact) mass is 530 g/mol. The highest BCUT2D eigenvalue weighted by Crippen LogP contribution is 2.27. The highest BCUT2D eigenvalue weighted by atomic mass is 79.9. The maximum Gasteiger partial charge on any atom is 0.261 e. The standard InChI is InChI=1S/C27H35BrN2O4/c1-4-19-13-14-25(23(28)16-19)34-18-26(31)30(17-20-9-8-12-22(15-20)33-3)24(5-2)27(32)29-21-10-6-7-11-21/h8-9,12-16,21,24H,4-7,10-11,17-18H2,1-3H3,(H,29,32)/t24-/m1/s1. The summed E-state index contributed by atoms with van der Waals surface area (Å²) >= 11 is 3.53. The van der Waals surface area contributed by atoms with Gasteiger partial charge in [-0.3, -0.25) is 9.59 Å². The Labute approximate surface area is 211 Å². The zero-order valence-electron chi connectivity index (χ0n) is 20.3. The van der Waals surface area contributed by atoms with Crippen LogP contribution in [0.15, 0.2) is 46.9 Å². The molecule has 1 fully saturated rings. The van der Waals surface area contributed by atoms with E-state index in [0.29, 0.717) is 24.5 Å². The number of methoxy groups -OCH3 is 1. The molecule has 184 valence electrons. The SMILES string of the molecule is CCc1ccc(OCC(=O)N(Cc2cccc(OC)c2)[C@H](CC)C(=O)NC2CCCC2)c(Br)c1. The van der Waals surface area contributed by atoms with Crippen molar-refractivity contribution < 1.29 is 19.1 Å². The zero-order valence-corrected chi connectivity index (χ0v) is 21.9. The van der Waals surface area contributed by atoms with Crippen LogP contribution in [0.4, 0.5) is 0 Å². The molecule has 2 amide bonds. The Bertz CT molecular complexity index is 975. The third-order valence-electron chi connectivity index (χ3n) is 6.33. The lowest BCUT2D eigenvalue weighted by molar-refractivity contribution is -0.143. The summed E-state index contributed by atoms with van der Waals surface area (Å²) in [5, 5.41) is 3.16. The third kappa shape index (κ3) is 6.98. The third-order valence-corrected chi connectivity index (χ3v) is 6.95. The Morgan fingerprint density at radius 1 is 1.12 bits per heavy atom. The molecule has 3 rings (SSSR count). The first-order valence-electron chi connectivity index (χ1n) is 12.1. The zero-order chi connectivity index (χ0) is 24.5. The van der Waals surface area contributed by atoms with Gasteiger partial charge in [0.2, 0.25) is 5.91 Å². The molecular weight excluding hydrogens is 496 g/mol. The number of hydrogen-bond donors (Lipinski definition) is 1. The first kappa shape index (κ1) is 26.1. The summed E-state index contributed by atoms with van der Waals surface area (Å²) in [7, 11) is 1.61. The predicted molar refractivity (Wildman–Crippen MR) is 137 cm³/mol. The van der Waals surface area contributed by atoms with Crippen LogP contribution in [0.25, 0.3) is 0 Å². The molecule has 0 aliphatic heterocycles. The Hall–Kier alpha value is -2.54. The van der Waals surface area contributed by atoms with Crippen molar-refractivity contribution in [2.45, 2.75) is 71.0 Å². The van der Waals surface area contributed by atoms with Crippen molar-refractivity contribution in [2.75, 3.05) is 13.7 Å². The molecule has 0 heterocycles. The number of nitrogens with zero attached hydrogens (tertiary/aromatic N) is 1. The van der Waals surface area contributed by atoms with Gasteiger partial charge in [0.25, 0.3) is 5.91 Å². The van der Waals surface area contributed by atoms with Crippen LogP contribution in [0, 0.1) is 0 Å². The van der Waals surface area contributed by atoms with Crippen LogP contribution in [-0.4, -0.2) is 42.5 Å². The Balaban J connectivity index is 1.78. The molecule has 0 aromatic heterocycles. The molecule has 0 spiro atoms. The predicted octanol–water partition coefficient (Wildman–Crippen LogP) is 5.27. The van der Waals surface area contributed by atoms with Crippen molar-refractivity contribution in [2.24, 2.45) is 0 Å². The van der Waals surface area contributed by atoms with Gasteiger partial charge in [-0.05, 0) is 77.0 Å². The number of aryl methyl sites for hydroxylation is 1. The second kappa shape index (κ2) is 12.8. The summed E-state index contributed by atoms with van der Waals surface area (Å²) < 4.78 is 12.0. The van der Waals surface area contributed by atoms with E-state index < -0.39 is 6.04 Å². The molecule has 1 aliphatic rings. The van der Waals surface area contributed by atoms with Crippen LogP contribution < -0.4 is 14.8 Å². The minimum Gasteiger partial charge on any atom is -0.497 e. The highest BCUT2D eigenvalue weighted by molar-refractivity contribution is 9.10. The maximum absolute atomic E-state index is 13.4. The molecule has 0 unspecified atom stereocenters. The number of nitrogens with one attached hydrogen (secondary N) is 1. The van der Waals surface area contributed by atoms with Crippen molar-refractivity contribution in [3.8, 4) is 11.5 Å². The number of rotatable bonds is 11. The van der Waals surface area contributed by atoms with Gasteiger partial charge in [-0.25, -0.2) is 0 Å². The van der Waals surface area contributed by atoms with Gasteiger partial charge in [-0.1, -0.05) is 44.9 Å². The molecule has 2 aromatic carbocycles. The molecular formula is C27H35BrN2O4. The normalized spacial score (nSPS) is 14.5. The van der Waals surface area contributed by atoms with E-state index in [-0.39, 0.29) is 24.5 Å². The topological polar surface area (TPSA) is 67.9 Å². The number of carbonyl (C=O) groups is 2. The van der Waals surface area contributed by atoms with E-state index in [4.69, 9.17) is 9.47 Å². The number of halogens is 1. The minimum absolute atomic E-state index is 0.0980. The molecule has 1 saturated carbocycles. The fraction of sp³-hybridized carbons (Fsp3) is 0.481.